The van der Waals surface area contributed by atoms with Gasteiger partial charge >= 0.3 is 11.9 Å². The normalized spacial score (nSPS) is 13.4. The lowest BCUT2D eigenvalue weighted by molar-refractivity contribution is -0.143. The van der Waals surface area contributed by atoms with E-state index in [0.717, 1.165) is 10.9 Å². The van der Waals surface area contributed by atoms with Crippen LogP contribution in [0, 0.1) is 0 Å². The van der Waals surface area contributed by atoms with Crippen molar-refractivity contribution in [2.45, 2.75) is 56.7 Å². The number of hydrogen-bond donors (Lipinski definition) is 8. The molecule has 0 fully saturated rings. The number of aromatic nitrogens is 1. The zero-order chi connectivity index (χ0) is 27.4. The minimum absolute atomic E-state index is 0.0389. The van der Waals surface area contributed by atoms with Crippen LogP contribution in [-0.4, -0.2) is 76.1 Å². The first-order valence-electron chi connectivity index (χ1n) is 11.9. The fraction of sp³-hybridized carbons (Fsp3) is 0.458. The van der Waals surface area contributed by atoms with E-state index >= 15 is 0 Å². The van der Waals surface area contributed by atoms with E-state index in [4.69, 9.17) is 16.6 Å². The molecule has 1 aromatic carbocycles. The predicted octanol–water partition coefficient (Wildman–Crippen LogP) is -0.798. The summed E-state index contributed by atoms with van der Waals surface area (Å²) < 4.78 is 0. The minimum Gasteiger partial charge on any atom is -0.481 e. The first-order valence-corrected chi connectivity index (χ1v) is 11.9. The van der Waals surface area contributed by atoms with Crippen molar-refractivity contribution in [3.8, 4) is 0 Å². The monoisotopic (exact) mass is 518 g/mol. The third-order valence-corrected chi connectivity index (χ3v) is 5.74. The van der Waals surface area contributed by atoms with Gasteiger partial charge in [0, 0.05) is 29.9 Å². The zero-order valence-electron chi connectivity index (χ0n) is 20.4. The molecule has 1 heterocycles. The number of unbranched alkanes of at least 4 members (excludes halogenated alkanes) is 1. The van der Waals surface area contributed by atoms with Gasteiger partial charge in [0.2, 0.25) is 17.7 Å². The first-order chi connectivity index (χ1) is 17.6. The van der Waals surface area contributed by atoms with E-state index in [2.05, 4.69) is 20.9 Å². The summed E-state index contributed by atoms with van der Waals surface area (Å²) in [7, 11) is 0. The second kappa shape index (κ2) is 14.6. The highest BCUT2D eigenvalue weighted by atomic mass is 16.4. The zero-order valence-corrected chi connectivity index (χ0v) is 20.4. The number of rotatable bonds is 16. The molecule has 0 saturated heterocycles. The Hall–Kier alpha value is -3.97. The Kier molecular flexibility index (Phi) is 11.5. The highest BCUT2D eigenvalue weighted by molar-refractivity contribution is 5.93. The van der Waals surface area contributed by atoms with Crippen LogP contribution in [0.2, 0.25) is 0 Å². The molecular weight excluding hydrogens is 484 g/mol. The molecule has 3 atom stereocenters. The molecule has 0 radical (unpaired) electrons. The van der Waals surface area contributed by atoms with Gasteiger partial charge in [0.1, 0.15) is 12.1 Å². The van der Waals surface area contributed by atoms with Gasteiger partial charge in [0.25, 0.3) is 0 Å². The predicted molar refractivity (Wildman–Crippen MR) is 134 cm³/mol. The molecule has 0 saturated carbocycles. The van der Waals surface area contributed by atoms with Gasteiger partial charge in [-0.15, -0.1) is 0 Å². The Labute approximate surface area is 213 Å². The number of nitrogens with one attached hydrogen (secondary N) is 4. The van der Waals surface area contributed by atoms with Gasteiger partial charge in [-0.3, -0.25) is 19.2 Å². The quantitative estimate of drug-likeness (QED) is 0.130. The summed E-state index contributed by atoms with van der Waals surface area (Å²) in [5.74, 6) is -4.65. The molecule has 3 unspecified atom stereocenters. The van der Waals surface area contributed by atoms with Gasteiger partial charge in [-0.05, 0) is 37.4 Å². The number of carboxylic acid groups (broad SMARTS) is 2. The number of nitrogens with two attached hydrogens (primary N) is 2. The van der Waals surface area contributed by atoms with Gasteiger partial charge in [-0.2, -0.15) is 0 Å². The van der Waals surface area contributed by atoms with E-state index in [1.165, 1.54) is 0 Å². The maximum Gasteiger partial charge on any atom is 0.326 e. The number of benzene rings is 1. The highest BCUT2D eigenvalue weighted by Gasteiger charge is 2.28. The number of fused-ring (bicyclic) bond motifs is 1. The van der Waals surface area contributed by atoms with Crippen molar-refractivity contribution in [3.63, 3.8) is 0 Å². The van der Waals surface area contributed by atoms with Gasteiger partial charge in [-0.1, -0.05) is 24.6 Å². The summed E-state index contributed by atoms with van der Waals surface area (Å²) in [5.41, 5.74) is 12.7. The Morgan fingerprint density at radius 2 is 1.68 bits per heavy atom. The lowest BCUT2D eigenvalue weighted by atomic mass is 10.0. The molecule has 3 amide bonds. The molecular formula is C24H34N6O7. The topological polar surface area (TPSA) is 230 Å². The summed E-state index contributed by atoms with van der Waals surface area (Å²) in [6.07, 6.45) is 2.64. The molecule has 0 aliphatic carbocycles. The number of carboxylic acids is 2. The average Bonchev–Trinajstić information content (AvgIpc) is 3.27. The number of aliphatic carboxylic acids is 2. The van der Waals surface area contributed by atoms with E-state index in [0.29, 0.717) is 31.4 Å². The molecule has 2 rings (SSSR count). The van der Waals surface area contributed by atoms with Gasteiger partial charge in [0.15, 0.2) is 0 Å². The van der Waals surface area contributed by atoms with Crippen LogP contribution in [0.15, 0.2) is 30.5 Å². The lowest BCUT2D eigenvalue weighted by Crippen LogP contribution is -2.54. The Morgan fingerprint density at radius 1 is 0.946 bits per heavy atom. The van der Waals surface area contributed by atoms with E-state index in [9.17, 15) is 29.1 Å². The Bertz CT molecular complexity index is 1100. The number of para-hydroxylation sites is 1. The molecule has 10 N–H and O–H groups in total. The average molecular weight is 519 g/mol. The molecule has 2 aromatic rings. The molecule has 37 heavy (non-hydrogen) atoms. The third-order valence-electron chi connectivity index (χ3n) is 5.74. The van der Waals surface area contributed by atoms with Crippen LogP contribution in [0.4, 0.5) is 0 Å². The van der Waals surface area contributed by atoms with Crippen LogP contribution < -0.4 is 27.4 Å². The fourth-order valence-electron chi connectivity index (χ4n) is 3.71. The SMILES string of the molecule is NCCCCC(N)C(=O)NCC(=O)NC(CCC(=O)O)C(=O)NC(Cc1c[nH]c2ccccc12)C(=O)O. The summed E-state index contributed by atoms with van der Waals surface area (Å²) in [6, 6.07) is 3.79. The maximum atomic E-state index is 12.9. The van der Waals surface area contributed by atoms with E-state index < -0.39 is 60.8 Å². The van der Waals surface area contributed by atoms with Crippen LogP contribution in [0.1, 0.15) is 37.7 Å². The van der Waals surface area contributed by atoms with E-state index in [1.807, 2.05) is 18.2 Å². The summed E-state index contributed by atoms with van der Waals surface area (Å²) >= 11 is 0. The van der Waals surface area contributed by atoms with Crippen molar-refractivity contribution in [1.29, 1.82) is 0 Å². The minimum atomic E-state index is -1.33. The largest absolute Gasteiger partial charge is 0.481 e. The second-order valence-electron chi connectivity index (χ2n) is 8.62. The van der Waals surface area contributed by atoms with Crippen LogP contribution in [0.25, 0.3) is 10.9 Å². The highest BCUT2D eigenvalue weighted by Crippen LogP contribution is 2.19. The van der Waals surface area contributed by atoms with Crippen molar-refractivity contribution < 1.29 is 34.2 Å². The van der Waals surface area contributed by atoms with Crippen LogP contribution >= 0.6 is 0 Å². The van der Waals surface area contributed by atoms with Crippen molar-refractivity contribution in [2.24, 2.45) is 11.5 Å². The number of carbonyl (C=O) groups is 5. The third kappa shape index (κ3) is 9.54. The molecule has 202 valence electrons. The number of aromatic amines is 1. The van der Waals surface area contributed by atoms with Crippen LogP contribution in [0.3, 0.4) is 0 Å². The Morgan fingerprint density at radius 3 is 2.35 bits per heavy atom. The van der Waals surface area contributed by atoms with Crippen molar-refractivity contribution in [1.82, 2.24) is 20.9 Å². The molecule has 0 spiro atoms. The summed E-state index contributed by atoms with van der Waals surface area (Å²) in [4.78, 5) is 63.3. The Balaban J connectivity index is 2.00. The van der Waals surface area contributed by atoms with Gasteiger partial charge in [-0.25, -0.2) is 4.79 Å². The molecule has 0 aliphatic rings. The van der Waals surface area contributed by atoms with Crippen LogP contribution in [-0.2, 0) is 30.4 Å². The van der Waals surface area contributed by atoms with Crippen LogP contribution in [0.5, 0.6) is 0 Å². The first kappa shape index (κ1) is 29.3. The summed E-state index contributed by atoms with van der Waals surface area (Å²) in [6.45, 7) is -0.0149. The number of H-pyrrole nitrogens is 1. The fourth-order valence-corrected chi connectivity index (χ4v) is 3.71. The lowest BCUT2D eigenvalue weighted by Gasteiger charge is -2.21. The van der Waals surface area contributed by atoms with E-state index in [1.54, 1.807) is 12.3 Å². The van der Waals surface area contributed by atoms with Crippen molar-refractivity contribution in [3.05, 3.63) is 36.0 Å². The molecule has 0 bridgehead atoms. The molecule has 13 nitrogen and oxygen atoms in total. The van der Waals surface area contributed by atoms with Gasteiger partial charge in [0.05, 0.1) is 12.6 Å². The smallest absolute Gasteiger partial charge is 0.326 e. The van der Waals surface area contributed by atoms with Crippen molar-refractivity contribution >= 4 is 40.6 Å². The number of carbonyl (C=O) groups excluding carboxylic acids is 3. The number of amides is 3. The van der Waals surface area contributed by atoms with Crippen molar-refractivity contribution in [2.75, 3.05) is 13.1 Å². The molecule has 13 heteroatoms. The molecule has 0 aliphatic heterocycles. The standard InChI is InChI=1S/C24H34N6O7/c25-10-4-3-6-16(26)22(34)28-13-20(31)29-18(8-9-21(32)33)23(35)30-19(24(36)37)11-14-12-27-17-7-2-1-5-15(14)17/h1-2,5,7,12,16,18-19,27H,3-4,6,8-11,13,25-26H2,(H,28,34)(H,29,31)(H,30,35)(H,32,33)(H,36,37). The second-order valence-corrected chi connectivity index (χ2v) is 8.62. The summed E-state index contributed by atoms with van der Waals surface area (Å²) in [5, 5.41) is 26.6. The maximum absolute atomic E-state index is 12.9. The molecule has 1 aromatic heterocycles. The number of hydrogen-bond acceptors (Lipinski definition) is 7. The van der Waals surface area contributed by atoms with Gasteiger partial charge < -0.3 is 42.6 Å². The van der Waals surface area contributed by atoms with E-state index in [-0.39, 0.29) is 12.8 Å².